The molecule has 4 N–H and O–H groups in total. The Hall–Kier alpha value is -3.24. The average Bonchev–Trinajstić information content (AvgIpc) is 3.14. The summed E-state index contributed by atoms with van der Waals surface area (Å²) in [5, 5.41) is 14.9. The SMILES string of the molecule is Nc1nc(C(N=O)C(=O)N[C@@H]2C(=O)N3C(C(=O)O)=C(Sc4ccnc(C(F)(F)F)c4)CCC23)c(Cl)s1. The molecule has 3 atom stereocenters. The second kappa shape index (κ2) is 9.67. The molecule has 0 radical (unpaired) electrons. The highest BCUT2D eigenvalue weighted by atomic mass is 35.5. The molecule has 36 heavy (non-hydrogen) atoms. The van der Waals surface area contributed by atoms with E-state index in [9.17, 15) is 37.6 Å². The van der Waals surface area contributed by atoms with E-state index in [-0.39, 0.29) is 37.8 Å². The molecule has 2 aliphatic heterocycles. The van der Waals surface area contributed by atoms with E-state index in [1.807, 2.05) is 0 Å². The molecule has 2 aromatic rings. The van der Waals surface area contributed by atoms with Crippen molar-refractivity contribution in [1.29, 1.82) is 0 Å². The minimum atomic E-state index is -4.68. The fraction of sp³-hybridized carbons (Fsp3) is 0.316. The lowest BCUT2D eigenvalue weighted by Gasteiger charge is -2.50. The third kappa shape index (κ3) is 4.75. The van der Waals surface area contributed by atoms with Crippen LogP contribution in [0.5, 0.6) is 0 Å². The molecule has 190 valence electrons. The average molecular weight is 563 g/mol. The van der Waals surface area contributed by atoms with Crippen molar-refractivity contribution in [2.75, 3.05) is 5.73 Å². The van der Waals surface area contributed by atoms with Gasteiger partial charge >= 0.3 is 12.1 Å². The zero-order chi connectivity index (χ0) is 26.4. The number of carbonyl (C=O) groups excluding carboxylic acids is 2. The molecule has 17 heteroatoms. The molecule has 1 saturated heterocycles. The number of aromatic nitrogens is 2. The summed E-state index contributed by atoms with van der Waals surface area (Å²) in [5.74, 6) is -3.18. The van der Waals surface area contributed by atoms with Gasteiger partial charge in [-0.1, -0.05) is 34.7 Å². The summed E-state index contributed by atoms with van der Waals surface area (Å²) in [6.07, 6.45) is -3.41. The highest BCUT2D eigenvalue weighted by molar-refractivity contribution is 8.03. The Balaban J connectivity index is 1.54. The Morgan fingerprint density at radius 3 is 2.72 bits per heavy atom. The van der Waals surface area contributed by atoms with Crippen LogP contribution in [0.1, 0.15) is 30.3 Å². The molecule has 2 aliphatic rings. The zero-order valence-electron chi connectivity index (χ0n) is 17.7. The van der Waals surface area contributed by atoms with Gasteiger partial charge in [0.2, 0.25) is 6.04 Å². The van der Waals surface area contributed by atoms with E-state index in [4.69, 9.17) is 17.3 Å². The Labute approximate surface area is 212 Å². The number of halogens is 4. The van der Waals surface area contributed by atoms with Crippen molar-refractivity contribution in [2.24, 2.45) is 5.18 Å². The van der Waals surface area contributed by atoms with Crippen LogP contribution >= 0.6 is 34.7 Å². The maximum atomic E-state index is 13.0. The molecule has 11 nitrogen and oxygen atoms in total. The van der Waals surface area contributed by atoms with Crippen LogP contribution in [-0.2, 0) is 20.6 Å². The highest BCUT2D eigenvalue weighted by Crippen LogP contribution is 2.44. The number of nitrogen functional groups attached to an aromatic ring is 1. The van der Waals surface area contributed by atoms with Gasteiger partial charge in [0.15, 0.2) is 5.13 Å². The number of β-lactam (4-membered cyclic amide) rings is 1. The Bertz CT molecular complexity index is 1300. The third-order valence-corrected chi connectivity index (χ3v) is 7.64. The van der Waals surface area contributed by atoms with E-state index in [2.05, 4.69) is 20.5 Å². The van der Waals surface area contributed by atoms with Crippen LogP contribution in [0.3, 0.4) is 0 Å². The van der Waals surface area contributed by atoms with E-state index in [1.165, 1.54) is 6.07 Å². The van der Waals surface area contributed by atoms with Crippen molar-refractivity contribution >= 4 is 57.6 Å². The first kappa shape index (κ1) is 25.8. The van der Waals surface area contributed by atoms with Crippen LogP contribution in [0, 0.1) is 4.91 Å². The number of nitroso groups, excluding NO2 is 1. The van der Waals surface area contributed by atoms with E-state index in [1.54, 1.807) is 0 Å². The highest BCUT2D eigenvalue weighted by Gasteiger charge is 2.54. The van der Waals surface area contributed by atoms with Crippen molar-refractivity contribution in [2.45, 2.75) is 42.0 Å². The summed E-state index contributed by atoms with van der Waals surface area (Å²) in [6.45, 7) is 0. The monoisotopic (exact) mass is 562 g/mol. The molecule has 0 aliphatic carbocycles. The summed E-state index contributed by atoms with van der Waals surface area (Å²) in [7, 11) is 0. The lowest BCUT2D eigenvalue weighted by Crippen LogP contribution is -2.71. The number of aliphatic carboxylic acids is 1. The summed E-state index contributed by atoms with van der Waals surface area (Å²) in [5.41, 5.74) is 3.83. The normalized spacial score (nSPS) is 20.4. The number of nitrogens with two attached hydrogens (primary N) is 1. The van der Waals surface area contributed by atoms with Crippen LogP contribution in [-0.4, -0.2) is 49.8 Å². The number of nitrogens with zero attached hydrogens (tertiary/aromatic N) is 4. The van der Waals surface area contributed by atoms with Gasteiger partial charge in [0.1, 0.15) is 27.5 Å². The van der Waals surface area contributed by atoms with Gasteiger partial charge in [-0.05, 0) is 30.2 Å². The maximum Gasteiger partial charge on any atom is 0.433 e. The van der Waals surface area contributed by atoms with Crippen LogP contribution < -0.4 is 11.1 Å². The third-order valence-electron chi connectivity index (χ3n) is 5.39. The van der Waals surface area contributed by atoms with Crippen LogP contribution in [0.25, 0.3) is 0 Å². The van der Waals surface area contributed by atoms with Gasteiger partial charge in [-0.15, -0.1) is 4.91 Å². The van der Waals surface area contributed by atoms with Crippen molar-refractivity contribution in [3.8, 4) is 0 Å². The van der Waals surface area contributed by atoms with Gasteiger partial charge in [-0.25, -0.2) is 9.78 Å². The molecule has 0 aromatic carbocycles. The first-order chi connectivity index (χ1) is 16.9. The van der Waals surface area contributed by atoms with E-state index in [0.29, 0.717) is 0 Å². The van der Waals surface area contributed by atoms with Gasteiger partial charge in [-0.3, -0.25) is 19.5 Å². The predicted molar refractivity (Wildman–Crippen MR) is 122 cm³/mol. The number of allylic oxidation sites excluding steroid dienone is 1. The molecule has 4 heterocycles. The molecule has 0 spiro atoms. The number of nitrogens with one attached hydrogen (secondary N) is 1. The molecule has 2 unspecified atom stereocenters. The number of thiazole rings is 1. The Morgan fingerprint density at radius 2 is 2.14 bits per heavy atom. The van der Waals surface area contributed by atoms with Gasteiger partial charge < -0.3 is 16.2 Å². The number of amides is 2. The number of alkyl halides is 3. The Morgan fingerprint density at radius 1 is 1.42 bits per heavy atom. The topological polar surface area (TPSA) is 168 Å². The number of carboxylic acid groups (broad SMARTS) is 1. The first-order valence-corrected chi connectivity index (χ1v) is 12.0. The second-order valence-corrected chi connectivity index (χ2v) is 10.4. The number of anilines is 1. The summed E-state index contributed by atoms with van der Waals surface area (Å²) in [6, 6.07) is -1.49. The molecule has 0 saturated carbocycles. The fourth-order valence-electron chi connectivity index (χ4n) is 3.85. The first-order valence-electron chi connectivity index (χ1n) is 9.97. The molecule has 2 aromatic heterocycles. The van der Waals surface area contributed by atoms with Gasteiger partial charge in [0.25, 0.3) is 11.8 Å². The smallest absolute Gasteiger partial charge is 0.433 e. The largest absolute Gasteiger partial charge is 0.477 e. The number of rotatable bonds is 7. The second-order valence-electron chi connectivity index (χ2n) is 7.57. The summed E-state index contributed by atoms with van der Waals surface area (Å²) in [4.78, 5) is 57.1. The lowest BCUT2D eigenvalue weighted by atomic mass is 9.86. The van der Waals surface area contributed by atoms with E-state index >= 15 is 0 Å². The van der Waals surface area contributed by atoms with Gasteiger partial charge in [-0.2, -0.15) is 13.2 Å². The minimum Gasteiger partial charge on any atom is -0.477 e. The molecular formula is C19H14ClF3N6O5S2. The molecule has 2 amide bonds. The standard InChI is InChI=1S/C19H14ClF3N6O5S2/c20-14-11(27-18(24)36-14)12(28-34)15(30)26-10-7-1-2-8(13(17(32)33)29(7)16(10)31)35-6-3-4-25-9(5-6)19(21,22)23/h3-5,7,10,12H,1-2H2,(H2,24,27)(H,26,30)(H,32,33)/t7?,10-,12?/m0/s1. The maximum absolute atomic E-state index is 13.0. The van der Waals surface area contributed by atoms with Crippen molar-refractivity contribution in [3.63, 3.8) is 0 Å². The van der Waals surface area contributed by atoms with E-state index in [0.717, 1.165) is 40.3 Å². The number of pyridine rings is 1. The predicted octanol–water partition coefficient (Wildman–Crippen LogP) is 3.18. The van der Waals surface area contributed by atoms with Gasteiger partial charge in [0, 0.05) is 16.0 Å². The number of carbonyl (C=O) groups is 3. The number of carboxylic acids is 1. The molecular weight excluding hydrogens is 549 g/mol. The van der Waals surface area contributed by atoms with Crippen molar-refractivity contribution in [3.05, 3.63) is 49.6 Å². The van der Waals surface area contributed by atoms with Crippen molar-refractivity contribution < 1.29 is 32.7 Å². The number of hydrogen-bond donors (Lipinski definition) is 3. The van der Waals surface area contributed by atoms with Crippen LogP contribution in [0.15, 0.2) is 39.0 Å². The summed E-state index contributed by atoms with van der Waals surface area (Å²) >= 11 is 7.56. The summed E-state index contributed by atoms with van der Waals surface area (Å²) < 4.78 is 38.9. The Kier molecular flexibility index (Phi) is 6.94. The van der Waals surface area contributed by atoms with Crippen molar-refractivity contribution in [1.82, 2.24) is 20.2 Å². The number of fused-ring (bicyclic) bond motifs is 1. The molecule has 0 bridgehead atoms. The van der Waals surface area contributed by atoms with E-state index < -0.39 is 53.5 Å². The molecule has 1 fully saturated rings. The fourth-order valence-corrected chi connectivity index (χ4v) is 5.91. The molecule has 4 rings (SSSR count). The lowest BCUT2D eigenvalue weighted by molar-refractivity contribution is -0.156. The van der Waals surface area contributed by atoms with Crippen LogP contribution in [0.4, 0.5) is 18.3 Å². The number of hydrogen-bond acceptors (Lipinski definition) is 10. The minimum absolute atomic E-state index is 0.00689. The quantitative estimate of drug-likeness (QED) is 0.339. The number of thioether (sulfide) groups is 1. The van der Waals surface area contributed by atoms with Crippen LogP contribution in [0.2, 0.25) is 4.34 Å². The van der Waals surface area contributed by atoms with Gasteiger partial charge in [0.05, 0.1) is 6.04 Å². The zero-order valence-corrected chi connectivity index (χ0v) is 20.0.